The van der Waals surface area contributed by atoms with E-state index in [2.05, 4.69) is 10.6 Å². The zero-order valence-electron chi connectivity index (χ0n) is 9.92. The third-order valence-corrected chi connectivity index (χ3v) is 2.85. The first kappa shape index (κ1) is 15.4. The van der Waals surface area contributed by atoms with Crippen LogP contribution in [0.4, 0.5) is 5.69 Å². The average molecular weight is 310 g/mol. The van der Waals surface area contributed by atoms with E-state index in [1.165, 1.54) is 0 Å². The van der Waals surface area contributed by atoms with Crippen LogP contribution in [0.25, 0.3) is 0 Å². The SMILES string of the molecule is CCCC(=O)N[C@@H](Nc1ccccc1)C(Cl)(Cl)Cl. The summed E-state index contributed by atoms with van der Waals surface area (Å²) in [7, 11) is 0. The Morgan fingerprint density at radius 1 is 1.28 bits per heavy atom. The lowest BCUT2D eigenvalue weighted by Crippen LogP contribution is -2.49. The van der Waals surface area contributed by atoms with Gasteiger partial charge in [-0.1, -0.05) is 59.9 Å². The number of hydrogen-bond donors (Lipinski definition) is 2. The number of benzene rings is 1. The summed E-state index contributed by atoms with van der Waals surface area (Å²) in [5, 5.41) is 5.64. The van der Waals surface area contributed by atoms with Gasteiger partial charge in [0.25, 0.3) is 0 Å². The highest BCUT2D eigenvalue weighted by Gasteiger charge is 2.33. The quantitative estimate of drug-likeness (QED) is 0.643. The van der Waals surface area contributed by atoms with Crippen LogP contribution >= 0.6 is 34.8 Å². The molecule has 0 aliphatic carbocycles. The fourth-order valence-corrected chi connectivity index (χ4v) is 1.69. The lowest BCUT2D eigenvalue weighted by atomic mass is 10.3. The maximum Gasteiger partial charge on any atom is 0.228 e. The molecule has 1 amide bonds. The van der Waals surface area contributed by atoms with Gasteiger partial charge in [0.05, 0.1) is 0 Å². The summed E-state index contributed by atoms with van der Waals surface area (Å²) in [6.07, 6.45) is 0.362. The molecule has 0 spiro atoms. The number of carbonyl (C=O) groups is 1. The summed E-state index contributed by atoms with van der Waals surface area (Å²) >= 11 is 17.5. The zero-order valence-corrected chi connectivity index (χ0v) is 12.2. The molecule has 0 unspecified atom stereocenters. The maximum atomic E-state index is 11.6. The number of alkyl halides is 3. The van der Waals surface area contributed by atoms with E-state index in [1.54, 1.807) is 0 Å². The van der Waals surface area contributed by atoms with Crippen molar-refractivity contribution >= 4 is 46.4 Å². The first-order valence-electron chi connectivity index (χ1n) is 5.61. The van der Waals surface area contributed by atoms with Gasteiger partial charge in [-0.05, 0) is 18.6 Å². The average Bonchev–Trinajstić information content (AvgIpc) is 2.28. The molecule has 3 nitrogen and oxygen atoms in total. The molecule has 0 saturated heterocycles. The molecule has 0 saturated carbocycles. The van der Waals surface area contributed by atoms with E-state index in [0.29, 0.717) is 6.42 Å². The van der Waals surface area contributed by atoms with Gasteiger partial charge in [-0.3, -0.25) is 4.79 Å². The molecule has 0 aromatic heterocycles. The summed E-state index contributed by atoms with van der Waals surface area (Å²) in [5.41, 5.74) is 0.769. The minimum atomic E-state index is -1.63. The van der Waals surface area contributed by atoms with E-state index in [1.807, 2.05) is 37.3 Å². The van der Waals surface area contributed by atoms with E-state index in [0.717, 1.165) is 12.1 Å². The molecule has 0 bridgehead atoms. The van der Waals surface area contributed by atoms with Crippen molar-refractivity contribution in [2.75, 3.05) is 5.32 Å². The zero-order chi connectivity index (χ0) is 13.6. The minimum absolute atomic E-state index is 0.155. The van der Waals surface area contributed by atoms with E-state index < -0.39 is 9.96 Å². The number of para-hydroxylation sites is 1. The first-order valence-corrected chi connectivity index (χ1v) is 6.74. The number of carbonyl (C=O) groups excluding carboxylic acids is 1. The summed E-state index contributed by atoms with van der Waals surface area (Å²) in [6, 6.07) is 9.24. The molecule has 0 fully saturated rings. The lowest BCUT2D eigenvalue weighted by Gasteiger charge is -2.27. The van der Waals surface area contributed by atoms with E-state index in [-0.39, 0.29) is 5.91 Å². The molecule has 0 aliphatic rings. The molecule has 18 heavy (non-hydrogen) atoms. The fraction of sp³-hybridized carbons (Fsp3) is 0.417. The van der Waals surface area contributed by atoms with Crippen molar-refractivity contribution in [1.29, 1.82) is 0 Å². The Bertz CT molecular complexity index is 379. The van der Waals surface area contributed by atoms with Crippen LogP contribution in [-0.2, 0) is 4.79 Å². The molecule has 0 aliphatic heterocycles. The Kier molecular flexibility index (Phi) is 6.06. The third kappa shape index (κ3) is 5.34. The number of hydrogen-bond acceptors (Lipinski definition) is 2. The molecule has 0 radical (unpaired) electrons. The third-order valence-electron chi connectivity index (χ3n) is 2.19. The Balaban J connectivity index is 2.71. The van der Waals surface area contributed by atoms with Crippen molar-refractivity contribution < 1.29 is 4.79 Å². The largest absolute Gasteiger partial charge is 0.362 e. The van der Waals surface area contributed by atoms with Gasteiger partial charge in [-0.15, -0.1) is 0 Å². The maximum absolute atomic E-state index is 11.6. The second-order valence-electron chi connectivity index (χ2n) is 3.80. The van der Waals surface area contributed by atoms with E-state index in [9.17, 15) is 4.79 Å². The predicted octanol–water partition coefficient (Wildman–Crippen LogP) is 3.71. The van der Waals surface area contributed by atoms with Crippen molar-refractivity contribution in [3.8, 4) is 0 Å². The molecule has 1 rings (SSSR count). The molecule has 0 heterocycles. The van der Waals surface area contributed by atoms with Crippen LogP contribution in [0.2, 0.25) is 0 Å². The lowest BCUT2D eigenvalue weighted by molar-refractivity contribution is -0.121. The van der Waals surface area contributed by atoms with Crippen molar-refractivity contribution in [3.63, 3.8) is 0 Å². The monoisotopic (exact) mass is 308 g/mol. The molecule has 1 aromatic carbocycles. The van der Waals surface area contributed by atoms with Gasteiger partial charge in [0, 0.05) is 12.1 Å². The Hall–Kier alpha value is -0.640. The van der Waals surface area contributed by atoms with Crippen molar-refractivity contribution in [2.45, 2.75) is 29.7 Å². The molecular formula is C12H15Cl3N2O. The highest BCUT2D eigenvalue weighted by molar-refractivity contribution is 6.68. The second kappa shape index (κ2) is 7.07. The molecule has 1 atom stereocenters. The van der Waals surface area contributed by atoms with Crippen LogP contribution in [0, 0.1) is 0 Å². The summed E-state index contributed by atoms with van der Waals surface area (Å²) in [4.78, 5) is 11.6. The molecule has 2 N–H and O–H groups in total. The Labute approximate surface area is 122 Å². The Morgan fingerprint density at radius 3 is 2.39 bits per heavy atom. The van der Waals surface area contributed by atoms with Crippen molar-refractivity contribution in [1.82, 2.24) is 5.32 Å². The normalized spacial score (nSPS) is 12.9. The van der Waals surface area contributed by atoms with Crippen molar-refractivity contribution in [3.05, 3.63) is 30.3 Å². The van der Waals surface area contributed by atoms with Gasteiger partial charge in [-0.2, -0.15) is 0 Å². The number of anilines is 1. The van der Waals surface area contributed by atoms with Gasteiger partial charge in [0.15, 0.2) is 0 Å². The second-order valence-corrected chi connectivity index (χ2v) is 6.17. The van der Waals surface area contributed by atoms with Gasteiger partial charge in [0.2, 0.25) is 9.70 Å². The standard InChI is InChI=1S/C12H15Cl3N2O/c1-2-6-10(18)17-11(12(13,14)15)16-9-7-4-3-5-8-9/h3-5,7-8,11,16H,2,6H2,1H3,(H,17,18)/t11-/m1/s1. The molecule has 6 heteroatoms. The Morgan fingerprint density at radius 2 is 1.89 bits per heavy atom. The topological polar surface area (TPSA) is 41.1 Å². The highest BCUT2D eigenvalue weighted by atomic mass is 35.6. The van der Waals surface area contributed by atoms with Crippen LogP contribution in [0.5, 0.6) is 0 Å². The number of nitrogens with one attached hydrogen (secondary N) is 2. The smallest absolute Gasteiger partial charge is 0.228 e. The first-order chi connectivity index (χ1) is 8.43. The highest BCUT2D eigenvalue weighted by Crippen LogP contribution is 2.31. The van der Waals surface area contributed by atoms with E-state index in [4.69, 9.17) is 34.8 Å². The fourth-order valence-electron chi connectivity index (χ4n) is 1.36. The van der Waals surface area contributed by atoms with Gasteiger partial charge in [-0.25, -0.2) is 0 Å². The van der Waals surface area contributed by atoms with Crippen LogP contribution < -0.4 is 10.6 Å². The van der Waals surface area contributed by atoms with Gasteiger partial charge >= 0.3 is 0 Å². The summed E-state index contributed by atoms with van der Waals surface area (Å²) in [5.74, 6) is -0.155. The van der Waals surface area contributed by atoms with Crippen molar-refractivity contribution in [2.24, 2.45) is 0 Å². The van der Waals surface area contributed by atoms with E-state index >= 15 is 0 Å². The summed E-state index contributed by atoms with van der Waals surface area (Å²) < 4.78 is -1.63. The summed E-state index contributed by atoms with van der Waals surface area (Å²) in [6.45, 7) is 1.91. The number of amides is 1. The van der Waals surface area contributed by atoms with Crippen LogP contribution in [0.3, 0.4) is 0 Å². The molecule has 1 aromatic rings. The van der Waals surface area contributed by atoms with Crippen LogP contribution in [0.1, 0.15) is 19.8 Å². The van der Waals surface area contributed by atoms with Gasteiger partial charge in [0.1, 0.15) is 6.17 Å². The number of rotatable bonds is 5. The van der Waals surface area contributed by atoms with Gasteiger partial charge < -0.3 is 10.6 Å². The molecular weight excluding hydrogens is 295 g/mol. The number of halogens is 3. The molecule has 100 valence electrons. The van der Waals surface area contributed by atoms with Crippen LogP contribution in [0.15, 0.2) is 30.3 Å². The predicted molar refractivity (Wildman–Crippen MR) is 77.2 cm³/mol. The minimum Gasteiger partial charge on any atom is -0.362 e. The van der Waals surface area contributed by atoms with Crippen LogP contribution in [-0.4, -0.2) is 15.9 Å².